The van der Waals surface area contributed by atoms with Gasteiger partial charge in [-0.05, 0) is 74.7 Å². The summed E-state index contributed by atoms with van der Waals surface area (Å²) in [5.74, 6) is -1.57. The van der Waals surface area contributed by atoms with Crippen molar-refractivity contribution >= 4 is 23.1 Å². The van der Waals surface area contributed by atoms with Crippen molar-refractivity contribution in [2.75, 3.05) is 4.90 Å². The second kappa shape index (κ2) is 7.84. The first kappa shape index (κ1) is 20.5. The first-order valence-corrected chi connectivity index (χ1v) is 10.2. The summed E-state index contributed by atoms with van der Waals surface area (Å²) in [5.41, 5.74) is 5.45. The highest BCUT2D eigenvalue weighted by Crippen LogP contribution is 2.42. The average molecular weight is 412 g/mol. The standard InChI is InChI=1S/C26H24N2O3/c1-15-8-9-18(4)20(14-15)24(29)22-23(21-7-5-6-10-27-21)28(26(31)25(22)30)19-12-16(2)11-17(3)13-19/h5-14,23,29H,1-4H3/b24-22+. The Kier molecular flexibility index (Phi) is 5.19. The van der Waals surface area contributed by atoms with Gasteiger partial charge in [-0.15, -0.1) is 0 Å². The smallest absolute Gasteiger partial charge is 0.300 e. The van der Waals surface area contributed by atoms with Crippen LogP contribution >= 0.6 is 0 Å². The molecule has 4 rings (SSSR count). The normalized spacial score (nSPS) is 17.9. The molecule has 5 nitrogen and oxygen atoms in total. The van der Waals surface area contributed by atoms with Crippen molar-refractivity contribution < 1.29 is 14.7 Å². The molecule has 1 aromatic heterocycles. The van der Waals surface area contributed by atoms with Gasteiger partial charge in [0.25, 0.3) is 11.7 Å². The Hall–Kier alpha value is -3.73. The Morgan fingerprint density at radius 1 is 0.903 bits per heavy atom. The van der Waals surface area contributed by atoms with Crippen LogP contribution in [0.4, 0.5) is 5.69 Å². The zero-order valence-electron chi connectivity index (χ0n) is 18.0. The molecule has 2 aromatic carbocycles. The van der Waals surface area contributed by atoms with E-state index in [1.807, 2.05) is 70.2 Å². The highest BCUT2D eigenvalue weighted by molar-refractivity contribution is 6.51. The van der Waals surface area contributed by atoms with E-state index in [4.69, 9.17) is 0 Å². The Morgan fingerprint density at radius 3 is 2.26 bits per heavy atom. The first-order chi connectivity index (χ1) is 14.8. The SMILES string of the molecule is Cc1cc(C)cc(N2C(=O)C(=O)/C(=C(/O)c3cc(C)ccc3C)C2c2ccccn2)c1. The molecule has 0 bridgehead atoms. The summed E-state index contributed by atoms with van der Waals surface area (Å²) in [7, 11) is 0. The van der Waals surface area contributed by atoms with Gasteiger partial charge in [0.1, 0.15) is 11.8 Å². The lowest BCUT2D eigenvalue weighted by molar-refractivity contribution is -0.132. The molecule has 0 spiro atoms. The molecule has 0 aliphatic carbocycles. The van der Waals surface area contributed by atoms with E-state index < -0.39 is 17.7 Å². The number of aromatic nitrogens is 1. The molecule has 3 aromatic rings. The van der Waals surface area contributed by atoms with Crippen molar-refractivity contribution in [2.24, 2.45) is 0 Å². The maximum absolute atomic E-state index is 13.2. The van der Waals surface area contributed by atoms with Crippen LogP contribution in [0.2, 0.25) is 0 Å². The highest BCUT2D eigenvalue weighted by atomic mass is 16.3. The van der Waals surface area contributed by atoms with Gasteiger partial charge in [0.15, 0.2) is 0 Å². The number of nitrogens with zero attached hydrogens (tertiary/aromatic N) is 2. The number of benzene rings is 2. The van der Waals surface area contributed by atoms with E-state index in [1.165, 1.54) is 4.90 Å². The quantitative estimate of drug-likeness (QED) is 0.376. The lowest BCUT2D eigenvalue weighted by Gasteiger charge is -2.25. The van der Waals surface area contributed by atoms with Crippen molar-refractivity contribution in [3.05, 3.63) is 99.9 Å². The lowest BCUT2D eigenvalue weighted by Crippen LogP contribution is -2.30. The van der Waals surface area contributed by atoms with Crippen molar-refractivity contribution in [2.45, 2.75) is 33.7 Å². The summed E-state index contributed by atoms with van der Waals surface area (Å²) in [6.45, 7) is 7.67. The number of aryl methyl sites for hydroxylation is 4. The molecule has 1 unspecified atom stereocenters. The number of aliphatic hydroxyl groups is 1. The second-order valence-electron chi connectivity index (χ2n) is 8.09. The molecule has 156 valence electrons. The fraction of sp³-hybridized carbons (Fsp3) is 0.192. The van der Waals surface area contributed by atoms with Crippen LogP contribution in [-0.4, -0.2) is 21.8 Å². The van der Waals surface area contributed by atoms with Gasteiger partial charge < -0.3 is 5.11 Å². The van der Waals surface area contributed by atoms with Gasteiger partial charge in [0.05, 0.1) is 11.3 Å². The van der Waals surface area contributed by atoms with Crippen LogP contribution in [0.5, 0.6) is 0 Å². The average Bonchev–Trinajstić information content (AvgIpc) is 3.00. The van der Waals surface area contributed by atoms with E-state index in [9.17, 15) is 14.7 Å². The maximum Gasteiger partial charge on any atom is 0.300 e. The molecule has 31 heavy (non-hydrogen) atoms. The Morgan fingerprint density at radius 2 is 1.61 bits per heavy atom. The lowest BCUT2D eigenvalue weighted by atomic mass is 9.95. The van der Waals surface area contributed by atoms with E-state index >= 15 is 0 Å². The number of amides is 1. The Labute approximate surface area is 181 Å². The van der Waals surface area contributed by atoms with E-state index in [0.717, 1.165) is 22.3 Å². The minimum absolute atomic E-state index is 0.0524. The van der Waals surface area contributed by atoms with Crippen molar-refractivity contribution in [3.63, 3.8) is 0 Å². The highest BCUT2D eigenvalue weighted by Gasteiger charge is 2.47. The molecular formula is C26H24N2O3. The largest absolute Gasteiger partial charge is 0.507 e. The Balaban J connectivity index is 1.99. The van der Waals surface area contributed by atoms with Gasteiger partial charge in [-0.2, -0.15) is 0 Å². The van der Waals surface area contributed by atoms with Gasteiger partial charge in [0.2, 0.25) is 0 Å². The topological polar surface area (TPSA) is 70.5 Å². The minimum atomic E-state index is -0.817. The van der Waals surface area contributed by atoms with E-state index in [-0.39, 0.29) is 11.3 Å². The summed E-state index contributed by atoms with van der Waals surface area (Å²) in [4.78, 5) is 32.3. The van der Waals surface area contributed by atoms with Crippen LogP contribution in [0.25, 0.3) is 5.76 Å². The molecule has 2 heterocycles. The summed E-state index contributed by atoms with van der Waals surface area (Å²) < 4.78 is 0. The van der Waals surface area contributed by atoms with E-state index in [2.05, 4.69) is 4.98 Å². The van der Waals surface area contributed by atoms with Crippen LogP contribution in [-0.2, 0) is 9.59 Å². The summed E-state index contributed by atoms with van der Waals surface area (Å²) in [5, 5.41) is 11.3. The van der Waals surface area contributed by atoms with Crippen LogP contribution < -0.4 is 4.90 Å². The molecule has 1 atom stereocenters. The molecule has 1 N–H and O–H groups in total. The second-order valence-corrected chi connectivity index (χ2v) is 8.09. The summed E-state index contributed by atoms with van der Waals surface area (Å²) >= 11 is 0. The van der Waals surface area contributed by atoms with Crippen molar-refractivity contribution in [3.8, 4) is 0 Å². The molecular weight excluding hydrogens is 388 g/mol. The fourth-order valence-corrected chi connectivity index (χ4v) is 4.14. The van der Waals surface area contributed by atoms with Crippen molar-refractivity contribution in [1.29, 1.82) is 0 Å². The molecule has 1 fully saturated rings. The Bertz CT molecular complexity index is 1210. The number of rotatable bonds is 3. The number of carbonyl (C=O) groups is 2. The van der Waals surface area contributed by atoms with Crippen LogP contribution in [0.3, 0.4) is 0 Å². The predicted molar refractivity (Wildman–Crippen MR) is 121 cm³/mol. The first-order valence-electron chi connectivity index (χ1n) is 10.2. The third kappa shape index (κ3) is 3.63. The number of hydrogen-bond donors (Lipinski definition) is 1. The predicted octanol–water partition coefficient (Wildman–Crippen LogP) is 4.94. The number of Topliss-reactive ketones (excluding diaryl/α,β-unsaturated/α-hetero) is 1. The number of hydrogen-bond acceptors (Lipinski definition) is 4. The zero-order chi connectivity index (χ0) is 22.3. The minimum Gasteiger partial charge on any atom is -0.507 e. The van der Waals surface area contributed by atoms with E-state index in [1.54, 1.807) is 18.3 Å². The molecule has 1 saturated heterocycles. The summed E-state index contributed by atoms with van der Waals surface area (Å²) in [6, 6.07) is 15.9. The third-order valence-corrected chi connectivity index (χ3v) is 5.55. The van der Waals surface area contributed by atoms with Gasteiger partial charge >= 0.3 is 0 Å². The van der Waals surface area contributed by atoms with Crippen molar-refractivity contribution in [1.82, 2.24) is 4.98 Å². The van der Waals surface area contributed by atoms with E-state index in [0.29, 0.717) is 16.9 Å². The van der Waals surface area contributed by atoms with Gasteiger partial charge in [-0.3, -0.25) is 19.5 Å². The molecule has 1 aliphatic rings. The molecule has 0 saturated carbocycles. The maximum atomic E-state index is 13.2. The van der Waals surface area contributed by atoms with Gasteiger partial charge in [0, 0.05) is 17.4 Å². The van der Waals surface area contributed by atoms with Crippen LogP contribution in [0, 0.1) is 27.7 Å². The summed E-state index contributed by atoms with van der Waals surface area (Å²) in [6.07, 6.45) is 1.62. The number of ketones is 1. The van der Waals surface area contributed by atoms with Crippen LogP contribution in [0.15, 0.2) is 66.4 Å². The van der Waals surface area contributed by atoms with Crippen LogP contribution in [0.1, 0.15) is 39.6 Å². The number of aliphatic hydroxyl groups excluding tert-OH is 1. The van der Waals surface area contributed by atoms with Gasteiger partial charge in [-0.25, -0.2) is 0 Å². The monoisotopic (exact) mass is 412 g/mol. The molecule has 1 amide bonds. The zero-order valence-corrected chi connectivity index (χ0v) is 18.0. The van der Waals surface area contributed by atoms with Gasteiger partial charge in [-0.1, -0.05) is 29.8 Å². The molecule has 1 aliphatic heterocycles. The molecule has 0 radical (unpaired) electrons. The number of carbonyl (C=O) groups excluding carboxylic acids is 2. The fourth-order valence-electron chi connectivity index (χ4n) is 4.14. The number of pyridine rings is 1. The number of anilines is 1. The molecule has 5 heteroatoms. The third-order valence-electron chi connectivity index (χ3n) is 5.55.